The van der Waals surface area contributed by atoms with Gasteiger partial charge in [-0.15, -0.1) is 0 Å². The molecule has 8 heteroatoms. The van der Waals surface area contributed by atoms with Gasteiger partial charge in [-0.1, -0.05) is 30.3 Å². The van der Waals surface area contributed by atoms with Gasteiger partial charge in [-0.05, 0) is 47.5 Å². The maximum Gasteiger partial charge on any atom is 0.307 e. The number of hydrogen-bond donors (Lipinski definition) is 3. The van der Waals surface area contributed by atoms with E-state index >= 15 is 0 Å². The second kappa shape index (κ2) is 7.21. The first-order chi connectivity index (χ1) is 13.0. The Bertz CT molecular complexity index is 897. The maximum absolute atomic E-state index is 14.4. The van der Waals surface area contributed by atoms with E-state index in [0.717, 1.165) is 28.3 Å². The topological polar surface area (TPSA) is 70.6 Å². The molecule has 140 valence electrons. The number of ether oxygens (including phenoxy) is 1. The first kappa shape index (κ1) is 17.8. The molecule has 0 saturated heterocycles. The number of carboxylic acids is 1. The Morgan fingerprint density at radius 2 is 1.93 bits per heavy atom. The van der Waals surface area contributed by atoms with Gasteiger partial charge in [-0.2, -0.15) is 4.83 Å². The van der Waals surface area contributed by atoms with Crippen LogP contribution in [0.4, 0.5) is 8.78 Å². The average molecular weight is 390 g/mol. The molecule has 0 amide bonds. The van der Waals surface area contributed by atoms with Crippen LogP contribution in [-0.2, 0) is 4.79 Å². The molecule has 5 nitrogen and oxygen atoms in total. The van der Waals surface area contributed by atoms with Gasteiger partial charge in [0.1, 0.15) is 6.61 Å². The molecule has 1 aliphatic heterocycles. The highest BCUT2D eigenvalue weighted by Gasteiger charge is 2.44. The molecule has 2 aromatic carbocycles. The second-order valence-corrected chi connectivity index (χ2v) is 7.28. The number of carboxylic acid groups (broad SMARTS) is 1. The van der Waals surface area contributed by atoms with Crippen LogP contribution in [0.5, 0.6) is 5.75 Å². The van der Waals surface area contributed by atoms with Crippen molar-refractivity contribution in [2.75, 3.05) is 6.61 Å². The molecular weight excluding hydrogens is 374 g/mol. The smallest absolute Gasteiger partial charge is 0.307 e. The van der Waals surface area contributed by atoms with E-state index in [9.17, 15) is 13.6 Å². The molecule has 3 N–H and O–H groups in total. The number of nitrogens with one attached hydrogen (secondary N) is 2. The van der Waals surface area contributed by atoms with E-state index in [-0.39, 0.29) is 12.5 Å². The summed E-state index contributed by atoms with van der Waals surface area (Å²) in [5.74, 6) is -3.97. The third kappa shape index (κ3) is 3.63. The molecule has 0 spiro atoms. The van der Waals surface area contributed by atoms with Crippen LogP contribution in [0.25, 0.3) is 5.70 Å². The molecule has 1 heterocycles. The van der Waals surface area contributed by atoms with Crippen molar-refractivity contribution >= 4 is 23.6 Å². The van der Waals surface area contributed by atoms with Crippen molar-refractivity contribution in [1.29, 1.82) is 0 Å². The van der Waals surface area contributed by atoms with Crippen LogP contribution in [0.2, 0.25) is 0 Å². The van der Waals surface area contributed by atoms with Crippen molar-refractivity contribution in [3.63, 3.8) is 0 Å². The molecule has 1 aliphatic carbocycles. The lowest BCUT2D eigenvalue weighted by atomic mass is 10.1. The minimum atomic E-state index is -0.945. The van der Waals surface area contributed by atoms with Gasteiger partial charge in [0, 0.05) is 0 Å². The largest absolute Gasteiger partial charge is 0.482 e. The van der Waals surface area contributed by atoms with Crippen molar-refractivity contribution in [2.45, 2.75) is 12.3 Å². The summed E-state index contributed by atoms with van der Waals surface area (Å²) < 4.78 is 34.1. The fourth-order valence-electron chi connectivity index (χ4n) is 3.10. The fourth-order valence-corrected chi connectivity index (χ4v) is 3.77. The van der Waals surface area contributed by atoms with E-state index in [0.29, 0.717) is 12.0 Å². The lowest BCUT2D eigenvalue weighted by Gasteiger charge is -2.11. The Balaban J connectivity index is 1.51. The van der Waals surface area contributed by atoms with Crippen LogP contribution in [0.15, 0.2) is 47.4 Å². The molecule has 0 bridgehead atoms. The van der Waals surface area contributed by atoms with Crippen LogP contribution in [0.3, 0.4) is 0 Å². The molecule has 1 fully saturated rings. The molecule has 2 aliphatic rings. The van der Waals surface area contributed by atoms with E-state index in [1.807, 2.05) is 30.3 Å². The molecular formula is C19H16F2N2O3S. The second-order valence-electron chi connectivity index (χ2n) is 6.38. The summed E-state index contributed by atoms with van der Waals surface area (Å²) in [4.78, 5) is 14.6. The van der Waals surface area contributed by atoms with Gasteiger partial charge >= 0.3 is 5.97 Å². The van der Waals surface area contributed by atoms with Crippen molar-refractivity contribution in [3.05, 3.63) is 70.1 Å². The Morgan fingerprint density at radius 3 is 2.56 bits per heavy atom. The summed E-state index contributed by atoms with van der Waals surface area (Å²) in [6.45, 7) is -0.0107. The van der Waals surface area contributed by atoms with Crippen LogP contribution in [0, 0.1) is 17.6 Å². The van der Waals surface area contributed by atoms with Crippen LogP contribution < -0.4 is 15.0 Å². The zero-order valence-electron chi connectivity index (χ0n) is 14.0. The number of hydrogen-bond acceptors (Lipinski definition) is 5. The molecule has 1 saturated carbocycles. The number of aliphatic carboxylic acids is 1. The predicted molar refractivity (Wildman–Crippen MR) is 97.6 cm³/mol. The Kier molecular flexibility index (Phi) is 4.75. The van der Waals surface area contributed by atoms with Gasteiger partial charge in [0.2, 0.25) is 0 Å². The van der Waals surface area contributed by atoms with Crippen molar-refractivity contribution in [3.8, 4) is 5.75 Å². The third-order valence-corrected chi connectivity index (χ3v) is 5.37. The molecule has 2 atom stereocenters. The standard InChI is InChI=1S/C19H16F2N2O3S/c20-14-6-11(12-8-13(12)19(24)25)7-15(21)18(14)26-9-16-17(22-23-27-16)10-4-2-1-3-5-10/h1-7,12-13,22-23H,8-9H2,(H,24,25). The van der Waals surface area contributed by atoms with Gasteiger partial charge in [0.05, 0.1) is 16.5 Å². The maximum atomic E-state index is 14.4. The van der Waals surface area contributed by atoms with Gasteiger partial charge < -0.3 is 15.3 Å². The summed E-state index contributed by atoms with van der Waals surface area (Å²) in [6.07, 6.45) is 0.399. The lowest BCUT2D eigenvalue weighted by Crippen LogP contribution is -2.17. The predicted octanol–water partition coefficient (Wildman–Crippen LogP) is 3.66. The van der Waals surface area contributed by atoms with Gasteiger partial charge in [-0.3, -0.25) is 4.79 Å². The molecule has 2 unspecified atom stereocenters. The van der Waals surface area contributed by atoms with Crippen LogP contribution in [-0.4, -0.2) is 17.7 Å². The van der Waals surface area contributed by atoms with E-state index in [2.05, 4.69) is 10.3 Å². The highest BCUT2D eigenvalue weighted by atomic mass is 32.2. The Hall–Kier alpha value is -2.58. The molecule has 2 aromatic rings. The average Bonchev–Trinajstić information content (AvgIpc) is 3.33. The van der Waals surface area contributed by atoms with Crippen molar-refractivity contribution < 1.29 is 23.4 Å². The summed E-state index contributed by atoms with van der Waals surface area (Å²) in [7, 11) is 0. The van der Waals surface area contributed by atoms with Crippen molar-refractivity contribution in [1.82, 2.24) is 10.3 Å². The van der Waals surface area contributed by atoms with E-state index in [1.54, 1.807) is 0 Å². The van der Waals surface area contributed by atoms with E-state index < -0.39 is 29.3 Å². The molecule has 27 heavy (non-hydrogen) atoms. The minimum absolute atomic E-state index is 0.0107. The number of hydrazine groups is 1. The zero-order chi connectivity index (χ0) is 19.0. The zero-order valence-corrected chi connectivity index (χ0v) is 14.9. The molecule has 4 rings (SSSR count). The van der Waals surface area contributed by atoms with Crippen LogP contribution in [0.1, 0.15) is 23.5 Å². The Morgan fingerprint density at radius 1 is 1.22 bits per heavy atom. The van der Waals surface area contributed by atoms with E-state index in [4.69, 9.17) is 9.84 Å². The fraction of sp³-hybridized carbons (Fsp3) is 0.211. The minimum Gasteiger partial charge on any atom is -0.482 e. The summed E-state index contributed by atoms with van der Waals surface area (Å²) >= 11 is 1.28. The Labute approximate surface area is 158 Å². The first-order valence-corrected chi connectivity index (χ1v) is 9.17. The van der Waals surface area contributed by atoms with Crippen LogP contribution >= 0.6 is 11.9 Å². The van der Waals surface area contributed by atoms with E-state index in [1.165, 1.54) is 11.9 Å². The SMILES string of the molecule is O=C(O)C1CC1c1cc(F)c(OCC2=C(c3ccccc3)NNS2)c(F)c1. The molecule has 0 aromatic heterocycles. The summed E-state index contributed by atoms with van der Waals surface area (Å²) in [5.41, 5.74) is 5.08. The highest BCUT2D eigenvalue weighted by Crippen LogP contribution is 2.48. The first-order valence-electron chi connectivity index (χ1n) is 8.35. The normalized spacial score (nSPS) is 21.1. The number of benzene rings is 2. The van der Waals surface area contributed by atoms with Gasteiger partial charge in [0.25, 0.3) is 0 Å². The lowest BCUT2D eigenvalue weighted by molar-refractivity contribution is -0.138. The summed E-state index contributed by atoms with van der Waals surface area (Å²) in [6, 6.07) is 11.8. The monoisotopic (exact) mass is 390 g/mol. The highest BCUT2D eigenvalue weighted by molar-refractivity contribution is 8.01. The number of rotatable bonds is 6. The van der Waals surface area contributed by atoms with Gasteiger partial charge in [0.15, 0.2) is 17.4 Å². The quantitative estimate of drug-likeness (QED) is 0.654. The van der Waals surface area contributed by atoms with Crippen molar-refractivity contribution in [2.24, 2.45) is 5.92 Å². The number of carbonyl (C=O) groups is 1. The van der Waals surface area contributed by atoms with Gasteiger partial charge in [-0.25, -0.2) is 8.78 Å². The summed E-state index contributed by atoms with van der Waals surface area (Å²) in [5, 5.41) is 8.97. The third-order valence-electron chi connectivity index (χ3n) is 4.60. The number of halogens is 2. The molecule has 0 radical (unpaired) electrons.